The SMILES string of the molecule is CCOC(=O)C1CCN([C@@H](C)c2nc3sc4c(c3c(=O)[nH]2)CC[C@H](C)C4)CC1. The molecule has 4 rings (SSSR count). The van der Waals surface area contributed by atoms with Crippen LogP contribution in [0.3, 0.4) is 0 Å². The van der Waals surface area contributed by atoms with Gasteiger partial charge in [0.05, 0.1) is 24.0 Å². The summed E-state index contributed by atoms with van der Waals surface area (Å²) in [7, 11) is 0. The van der Waals surface area contributed by atoms with Crippen LogP contribution in [0.4, 0.5) is 0 Å². The Morgan fingerprint density at radius 3 is 2.82 bits per heavy atom. The monoisotopic (exact) mass is 403 g/mol. The number of likely N-dealkylation sites (tertiary alicyclic amines) is 1. The largest absolute Gasteiger partial charge is 0.466 e. The molecule has 2 atom stereocenters. The predicted molar refractivity (Wildman–Crippen MR) is 111 cm³/mol. The number of rotatable bonds is 4. The van der Waals surface area contributed by atoms with Gasteiger partial charge in [0, 0.05) is 4.88 Å². The van der Waals surface area contributed by atoms with Crippen LogP contribution in [0.15, 0.2) is 4.79 Å². The van der Waals surface area contributed by atoms with Gasteiger partial charge in [0.1, 0.15) is 10.7 Å². The fourth-order valence-electron chi connectivity index (χ4n) is 4.52. The van der Waals surface area contributed by atoms with Crippen LogP contribution in [-0.4, -0.2) is 40.5 Å². The maximum Gasteiger partial charge on any atom is 0.309 e. The van der Waals surface area contributed by atoms with E-state index in [1.165, 1.54) is 10.4 Å². The molecule has 2 aromatic heterocycles. The van der Waals surface area contributed by atoms with Crippen molar-refractivity contribution in [1.82, 2.24) is 14.9 Å². The number of aryl methyl sites for hydroxylation is 1. The van der Waals surface area contributed by atoms with Crippen molar-refractivity contribution in [2.24, 2.45) is 11.8 Å². The molecule has 0 aromatic carbocycles. The third kappa shape index (κ3) is 3.62. The van der Waals surface area contributed by atoms with E-state index in [9.17, 15) is 9.59 Å². The van der Waals surface area contributed by atoms with E-state index in [0.717, 1.165) is 61.2 Å². The molecule has 152 valence electrons. The Balaban J connectivity index is 1.53. The van der Waals surface area contributed by atoms with Gasteiger partial charge in [-0.05, 0) is 70.5 Å². The molecular formula is C21H29N3O3S. The number of aromatic amines is 1. The van der Waals surface area contributed by atoms with Crippen LogP contribution in [0.5, 0.6) is 0 Å². The zero-order valence-corrected chi connectivity index (χ0v) is 17.7. The lowest BCUT2D eigenvalue weighted by Gasteiger charge is -2.34. The Bertz CT molecular complexity index is 927. The van der Waals surface area contributed by atoms with Crippen LogP contribution >= 0.6 is 11.3 Å². The molecule has 1 aliphatic heterocycles. The van der Waals surface area contributed by atoms with Crippen LogP contribution < -0.4 is 5.56 Å². The van der Waals surface area contributed by atoms with Gasteiger partial charge in [-0.3, -0.25) is 14.5 Å². The zero-order chi connectivity index (χ0) is 19.8. The second kappa shape index (κ2) is 7.95. The number of piperidine rings is 1. The second-order valence-corrected chi connectivity index (χ2v) is 9.30. The van der Waals surface area contributed by atoms with Crippen molar-refractivity contribution >= 4 is 27.5 Å². The summed E-state index contributed by atoms with van der Waals surface area (Å²) in [6.45, 7) is 8.26. The second-order valence-electron chi connectivity index (χ2n) is 8.22. The molecular weight excluding hydrogens is 374 g/mol. The van der Waals surface area contributed by atoms with Crippen molar-refractivity contribution in [3.8, 4) is 0 Å². The highest BCUT2D eigenvalue weighted by Gasteiger charge is 2.30. The molecule has 6 nitrogen and oxygen atoms in total. The van der Waals surface area contributed by atoms with E-state index in [0.29, 0.717) is 12.5 Å². The summed E-state index contributed by atoms with van der Waals surface area (Å²) in [6.07, 6.45) is 4.77. The average Bonchev–Trinajstić information content (AvgIpc) is 3.05. The highest BCUT2D eigenvalue weighted by molar-refractivity contribution is 7.18. The molecule has 28 heavy (non-hydrogen) atoms. The summed E-state index contributed by atoms with van der Waals surface area (Å²) >= 11 is 1.69. The first-order chi connectivity index (χ1) is 13.5. The van der Waals surface area contributed by atoms with Gasteiger partial charge in [0.15, 0.2) is 0 Å². The normalized spacial score (nSPS) is 22.2. The van der Waals surface area contributed by atoms with Crippen LogP contribution in [0.1, 0.15) is 62.3 Å². The molecule has 0 radical (unpaired) electrons. The average molecular weight is 404 g/mol. The van der Waals surface area contributed by atoms with Gasteiger partial charge in [0.2, 0.25) is 0 Å². The van der Waals surface area contributed by atoms with E-state index in [2.05, 4.69) is 23.7 Å². The molecule has 0 bridgehead atoms. The number of fused-ring (bicyclic) bond motifs is 3. The van der Waals surface area contributed by atoms with Crippen molar-refractivity contribution in [2.45, 2.75) is 58.9 Å². The van der Waals surface area contributed by atoms with Gasteiger partial charge in [-0.2, -0.15) is 0 Å². The number of aromatic nitrogens is 2. The number of esters is 1. The summed E-state index contributed by atoms with van der Waals surface area (Å²) in [4.78, 5) is 37.2. The van der Waals surface area contributed by atoms with Gasteiger partial charge in [-0.1, -0.05) is 6.92 Å². The van der Waals surface area contributed by atoms with E-state index in [1.54, 1.807) is 11.3 Å². The minimum atomic E-state index is -0.0823. The first-order valence-electron chi connectivity index (χ1n) is 10.4. The lowest BCUT2D eigenvalue weighted by molar-refractivity contribution is -0.149. The molecule has 1 saturated heterocycles. The first kappa shape index (κ1) is 19.6. The molecule has 7 heteroatoms. The van der Waals surface area contributed by atoms with Gasteiger partial charge in [0.25, 0.3) is 5.56 Å². The topological polar surface area (TPSA) is 75.3 Å². The van der Waals surface area contributed by atoms with Gasteiger partial charge < -0.3 is 9.72 Å². The third-order valence-electron chi connectivity index (χ3n) is 6.28. The van der Waals surface area contributed by atoms with E-state index < -0.39 is 0 Å². The summed E-state index contributed by atoms with van der Waals surface area (Å²) in [5.74, 6) is 1.32. The number of hydrogen-bond donors (Lipinski definition) is 1. The summed E-state index contributed by atoms with van der Waals surface area (Å²) in [5, 5.41) is 0.809. The standard InChI is InChI=1S/C21H29N3O3S/c1-4-27-21(26)14-7-9-24(10-8-14)13(3)18-22-19(25)17-15-6-5-12(2)11-16(15)28-20(17)23-18/h12-14H,4-11H2,1-3H3,(H,22,23,25)/t12-,13-/m0/s1. The Morgan fingerprint density at radius 1 is 1.36 bits per heavy atom. The number of nitrogens with zero attached hydrogens (tertiary/aromatic N) is 2. The number of ether oxygens (including phenoxy) is 1. The summed E-state index contributed by atoms with van der Waals surface area (Å²) < 4.78 is 5.16. The van der Waals surface area contributed by atoms with Crippen molar-refractivity contribution < 1.29 is 9.53 Å². The van der Waals surface area contributed by atoms with Gasteiger partial charge >= 0.3 is 5.97 Å². The number of carbonyl (C=O) groups is 1. The van der Waals surface area contributed by atoms with Crippen molar-refractivity contribution in [1.29, 1.82) is 0 Å². The third-order valence-corrected chi connectivity index (χ3v) is 7.42. The molecule has 1 N–H and O–H groups in total. The lowest BCUT2D eigenvalue weighted by Crippen LogP contribution is -2.39. The van der Waals surface area contributed by atoms with Gasteiger partial charge in [-0.25, -0.2) is 4.98 Å². The maximum absolute atomic E-state index is 12.8. The van der Waals surface area contributed by atoms with E-state index in [-0.39, 0.29) is 23.5 Å². The van der Waals surface area contributed by atoms with Crippen LogP contribution in [0, 0.1) is 11.8 Å². The Hall–Kier alpha value is -1.73. The fraction of sp³-hybridized carbons (Fsp3) is 0.667. The van der Waals surface area contributed by atoms with E-state index in [1.807, 2.05) is 6.92 Å². The van der Waals surface area contributed by atoms with Crippen LogP contribution in [-0.2, 0) is 22.4 Å². The van der Waals surface area contributed by atoms with Crippen LogP contribution in [0.25, 0.3) is 10.2 Å². The minimum absolute atomic E-state index is 0.000289. The van der Waals surface area contributed by atoms with Gasteiger partial charge in [-0.15, -0.1) is 11.3 Å². The highest BCUT2D eigenvalue weighted by atomic mass is 32.1. The van der Waals surface area contributed by atoms with E-state index in [4.69, 9.17) is 9.72 Å². The fourth-order valence-corrected chi connectivity index (χ4v) is 5.91. The molecule has 1 fully saturated rings. The molecule has 2 aliphatic rings. The predicted octanol–water partition coefficient (Wildman–Crippen LogP) is 3.45. The molecule has 0 amide bonds. The Kier molecular flexibility index (Phi) is 5.56. The molecule has 0 saturated carbocycles. The molecule has 2 aromatic rings. The molecule has 0 unspecified atom stereocenters. The lowest BCUT2D eigenvalue weighted by atomic mass is 9.89. The smallest absolute Gasteiger partial charge is 0.309 e. The zero-order valence-electron chi connectivity index (χ0n) is 16.9. The number of nitrogens with one attached hydrogen (secondary N) is 1. The Morgan fingerprint density at radius 2 is 2.11 bits per heavy atom. The number of thiophene rings is 1. The molecule has 0 spiro atoms. The van der Waals surface area contributed by atoms with Crippen molar-refractivity contribution in [3.63, 3.8) is 0 Å². The minimum Gasteiger partial charge on any atom is -0.466 e. The quantitative estimate of drug-likeness (QED) is 0.792. The Labute approximate surface area is 169 Å². The van der Waals surface area contributed by atoms with Crippen molar-refractivity contribution in [2.75, 3.05) is 19.7 Å². The number of H-pyrrole nitrogens is 1. The summed E-state index contributed by atoms with van der Waals surface area (Å²) in [5.41, 5.74) is 1.22. The maximum atomic E-state index is 12.8. The molecule has 1 aliphatic carbocycles. The van der Waals surface area contributed by atoms with Crippen molar-refractivity contribution in [3.05, 3.63) is 26.6 Å². The number of carbonyl (C=O) groups excluding carboxylic acids is 1. The summed E-state index contributed by atoms with van der Waals surface area (Å²) in [6, 6.07) is 0.0262. The van der Waals surface area contributed by atoms with E-state index >= 15 is 0 Å². The molecule has 3 heterocycles. The van der Waals surface area contributed by atoms with Crippen LogP contribution in [0.2, 0.25) is 0 Å². The number of hydrogen-bond acceptors (Lipinski definition) is 6. The first-order valence-corrected chi connectivity index (χ1v) is 11.2. The highest BCUT2D eigenvalue weighted by Crippen LogP contribution is 2.36.